The van der Waals surface area contributed by atoms with Gasteiger partial charge in [0.25, 0.3) is 0 Å². The number of hydrogen-bond donors (Lipinski definition) is 0. The second kappa shape index (κ2) is 6.67. The molecule has 0 saturated carbocycles. The Hall–Kier alpha value is -2.26. The molecular weight excluding hydrogens is 292 g/mol. The van der Waals surface area contributed by atoms with E-state index in [0.29, 0.717) is 5.75 Å². The third-order valence-electron chi connectivity index (χ3n) is 3.52. The smallest absolute Gasteiger partial charge is 0.173 e. The highest BCUT2D eigenvalue weighted by atomic mass is 32.2. The lowest BCUT2D eigenvalue weighted by atomic mass is 10.0. The average molecular weight is 308 g/mol. The van der Waals surface area contributed by atoms with Crippen LogP contribution in [0, 0.1) is 0 Å². The number of methoxy groups -OCH3 is 1. The highest BCUT2D eigenvalue weighted by Gasteiger charge is 2.12. The summed E-state index contributed by atoms with van der Waals surface area (Å²) >= 11 is 1.56. The molecule has 0 aliphatic carbocycles. The van der Waals surface area contributed by atoms with Crippen LogP contribution in [0.25, 0.3) is 10.8 Å². The van der Waals surface area contributed by atoms with Gasteiger partial charge in [0.2, 0.25) is 0 Å². The first-order valence-corrected chi connectivity index (χ1v) is 8.05. The first-order chi connectivity index (χ1) is 10.8. The lowest BCUT2D eigenvalue weighted by Gasteiger charge is -2.09. The van der Waals surface area contributed by atoms with E-state index in [9.17, 15) is 4.79 Å². The molecule has 0 fully saturated rings. The molecule has 3 aromatic rings. The predicted octanol–water partition coefficient (Wildman–Crippen LogP) is 4.82. The summed E-state index contributed by atoms with van der Waals surface area (Å²) in [6, 6.07) is 21.5. The van der Waals surface area contributed by atoms with Crippen LogP contribution < -0.4 is 4.74 Å². The Kier molecular flexibility index (Phi) is 4.45. The van der Waals surface area contributed by atoms with Gasteiger partial charge < -0.3 is 4.74 Å². The number of rotatable bonds is 5. The fraction of sp³-hybridized carbons (Fsp3) is 0.105. The zero-order valence-electron chi connectivity index (χ0n) is 12.3. The van der Waals surface area contributed by atoms with E-state index in [1.165, 1.54) is 0 Å². The number of hydrogen-bond acceptors (Lipinski definition) is 3. The minimum Gasteiger partial charge on any atom is -0.496 e. The highest BCUT2D eigenvalue weighted by Crippen LogP contribution is 2.29. The zero-order valence-corrected chi connectivity index (χ0v) is 13.1. The summed E-state index contributed by atoms with van der Waals surface area (Å²) in [6.07, 6.45) is 0. The molecule has 0 unspecified atom stereocenters. The number of thioether (sulfide) groups is 1. The summed E-state index contributed by atoms with van der Waals surface area (Å²) in [5, 5.41) is 1.92. The molecule has 0 amide bonds. The van der Waals surface area contributed by atoms with Gasteiger partial charge in [-0.1, -0.05) is 42.5 Å². The summed E-state index contributed by atoms with van der Waals surface area (Å²) in [7, 11) is 1.65. The molecule has 2 nitrogen and oxygen atoms in total. The fourth-order valence-electron chi connectivity index (χ4n) is 2.44. The molecule has 0 aliphatic rings. The number of benzene rings is 3. The summed E-state index contributed by atoms with van der Waals surface area (Å²) in [6.45, 7) is 0. The predicted molar refractivity (Wildman–Crippen MR) is 92.0 cm³/mol. The quantitative estimate of drug-likeness (QED) is 0.499. The van der Waals surface area contributed by atoms with Gasteiger partial charge in [0, 0.05) is 15.8 Å². The first kappa shape index (κ1) is 14.7. The Labute approximate surface area is 134 Å². The van der Waals surface area contributed by atoms with Crippen molar-refractivity contribution >= 4 is 28.3 Å². The van der Waals surface area contributed by atoms with Crippen LogP contribution in [0.3, 0.4) is 0 Å². The monoisotopic (exact) mass is 308 g/mol. The van der Waals surface area contributed by atoms with Crippen LogP contribution in [0.4, 0.5) is 0 Å². The standard InChI is InChI=1S/C19H16O2S/c1-21-19-12-11-16(15-9-5-6-10-17(15)19)18(20)13-22-14-7-3-2-4-8-14/h2-12H,13H2,1H3. The average Bonchev–Trinajstić information content (AvgIpc) is 2.59. The van der Waals surface area contributed by atoms with Crippen LogP contribution >= 0.6 is 11.8 Å². The van der Waals surface area contributed by atoms with Gasteiger partial charge in [-0.05, 0) is 29.7 Å². The fourth-order valence-corrected chi connectivity index (χ4v) is 3.24. The maximum absolute atomic E-state index is 12.6. The second-order valence-electron chi connectivity index (χ2n) is 4.89. The van der Waals surface area contributed by atoms with Crippen molar-refractivity contribution in [3.05, 3.63) is 72.3 Å². The van der Waals surface area contributed by atoms with Gasteiger partial charge in [-0.3, -0.25) is 4.79 Å². The molecule has 0 aliphatic heterocycles. The largest absolute Gasteiger partial charge is 0.496 e. The van der Waals surface area contributed by atoms with Gasteiger partial charge in [-0.15, -0.1) is 11.8 Å². The van der Waals surface area contributed by atoms with Crippen LogP contribution in [-0.4, -0.2) is 18.6 Å². The Balaban J connectivity index is 1.88. The van der Waals surface area contributed by atoms with E-state index in [-0.39, 0.29) is 5.78 Å². The number of ketones is 1. The van der Waals surface area contributed by atoms with Crippen molar-refractivity contribution in [2.24, 2.45) is 0 Å². The van der Waals surface area contributed by atoms with Crippen LogP contribution in [0.5, 0.6) is 5.75 Å². The third kappa shape index (κ3) is 3.00. The molecule has 0 bridgehead atoms. The second-order valence-corrected chi connectivity index (χ2v) is 5.93. The highest BCUT2D eigenvalue weighted by molar-refractivity contribution is 8.00. The Morgan fingerprint density at radius 3 is 2.32 bits per heavy atom. The van der Waals surface area contributed by atoms with E-state index in [1.807, 2.05) is 66.7 Å². The molecule has 110 valence electrons. The van der Waals surface area contributed by atoms with Crippen molar-refractivity contribution in [3.63, 3.8) is 0 Å². The molecule has 3 heteroatoms. The van der Waals surface area contributed by atoms with Crippen LogP contribution in [-0.2, 0) is 0 Å². The van der Waals surface area contributed by atoms with Gasteiger partial charge in [-0.25, -0.2) is 0 Å². The normalized spacial score (nSPS) is 10.6. The van der Waals surface area contributed by atoms with E-state index in [4.69, 9.17) is 4.74 Å². The third-order valence-corrected chi connectivity index (χ3v) is 4.53. The number of Topliss-reactive ketones (excluding diaryl/α,β-unsaturated/α-hetero) is 1. The lowest BCUT2D eigenvalue weighted by Crippen LogP contribution is -2.03. The van der Waals surface area contributed by atoms with E-state index in [2.05, 4.69) is 0 Å². The minimum absolute atomic E-state index is 0.132. The molecule has 0 spiro atoms. The van der Waals surface area contributed by atoms with Crippen LogP contribution in [0.1, 0.15) is 10.4 Å². The van der Waals surface area contributed by atoms with Gasteiger partial charge in [-0.2, -0.15) is 0 Å². The summed E-state index contributed by atoms with van der Waals surface area (Å²) in [5.74, 6) is 1.36. The SMILES string of the molecule is COc1ccc(C(=O)CSc2ccccc2)c2ccccc12. The van der Waals surface area contributed by atoms with Crippen molar-refractivity contribution in [2.45, 2.75) is 4.90 Å². The maximum atomic E-state index is 12.6. The molecule has 0 aromatic heterocycles. The zero-order chi connectivity index (χ0) is 15.4. The number of carbonyl (C=O) groups is 1. The van der Waals surface area contributed by atoms with Crippen molar-refractivity contribution in [2.75, 3.05) is 12.9 Å². The van der Waals surface area contributed by atoms with Crippen molar-refractivity contribution in [1.82, 2.24) is 0 Å². The molecule has 22 heavy (non-hydrogen) atoms. The molecule has 0 N–H and O–H groups in total. The van der Waals surface area contributed by atoms with Gasteiger partial charge in [0.05, 0.1) is 12.9 Å². The molecule has 0 atom stereocenters. The van der Waals surface area contributed by atoms with E-state index in [1.54, 1.807) is 18.9 Å². The maximum Gasteiger partial charge on any atom is 0.173 e. The summed E-state index contributed by atoms with van der Waals surface area (Å²) < 4.78 is 5.37. The molecule has 0 heterocycles. The molecule has 0 saturated heterocycles. The van der Waals surface area contributed by atoms with E-state index in [0.717, 1.165) is 27.0 Å². The van der Waals surface area contributed by atoms with Crippen molar-refractivity contribution in [1.29, 1.82) is 0 Å². The minimum atomic E-state index is 0.132. The Morgan fingerprint density at radius 2 is 1.59 bits per heavy atom. The van der Waals surface area contributed by atoms with Crippen molar-refractivity contribution in [3.8, 4) is 5.75 Å². The number of fused-ring (bicyclic) bond motifs is 1. The van der Waals surface area contributed by atoms with Crippen LogP contribution in [0.15, 0.2) is 71.6 Å². The van der Waals surface area contributed by atoms with Gasteiger partial charge in [0.1, 0.15) is 5.75 Å². The molecule has 3 rings (SSSR count). The lowest BCUT2D eigenvalue weighted by molar-refractivity contribution is 0.102. The van der Waals surface area contributed by atoms with E-state index < -0.39 is 0 Å². The Bertz CT molecular complexity index is 797. The Morgan fingerprint density at radius 1 is 0.909 bits per heavy atom. The summed E-state index contributed by atoms with van der Waals surface area (Å²) in [4.78, 5) is 13.7. The topological polar surface area (TPSA) is 26.3 Å². The van der Waals surface area contributed by atoms with Crippen LogP contribution in [0.2, 0.25) is 0 Å². The van der Waals surface area contributed by atoms with Crippen molar-refractivity contribution < 1.29 is 9.53 Å². The number of ether oxygens (including phenoxy) is 1. The molecular formula is C19H16O2S. The van der Waals surface area contributed by atoms with E-state index >= 15 is 0 Å². The van der Waals surface area contributed by atoms with Gasteiger partial charge >= 0.3 is 0 Å². The molecule has 3 aromatic carbocycles. The van der Waals surface area contributed by atoms with Gasteiger partial charge in [0.15, 0.2) is 5.78 Å². The summed E-state index contributed by atoms with van der Waals surface area (Å²) in [5.41, 5.74) is 0.750. The molecule has 0 radical (unpaired) electrons. The number of carbonyl (C=O) groups excluding carboxylic acids is 1. The first-order valence-electron chi connectivity index (χ1n) is 7.06.